The van der Waals surface area contributed by atoms with Gasteiger partial charge in [-0.3, -0.25) is 4.55 Å². The van der Waals surface area contributed by atoms with E-state index < -0.39 is 10.1 Å². The Morgan fingerprint density at radius 3 is 1.41 bits per heavy atom. The summed E-state index contributed by atoms with van der Waals surface area (Å²) in [6.07, 6.45) is 5.11. The zero-order valence-corrected chi connectivity index (χ0v) is 13.1. The topological polar surface area (TPSA) is 54.4 Å². The van der Waals surface area contributed by atoms with Crippen molar-refractivity contribution in [2.75, 3.05) is 0 Å². The van der Waals surface area contributed by atoms with Crippen LogP contribution in [-0.2, 0) is 10.1 Å². The van der Waals surface area contributed by atoms with Crippen molar-refractivity contribution < 1.29 is 13.0 Å². The van der Waals surface area contributed by atoms with Crippen LogP contribution >= 0.6 is 0 Å². The van der Waals surface area contributed by atoms with Crippen molar-refractivity contribution in [3.8, 4) is 0 Å². The lowest BCUT2D eigenvalue weighted by Gasteiger charge is -1.92. The summed E-state index contributed by atoms with van der Waals surface area (Å²) in [4.78, 5) is -0.0741. The maximum atomic E-state index is 10.4. The first-order chi connectivity index (χ1) is 10.5. The molecular formula is C18H20O3S. The van der Waals surface area contributed by atoms with Crippen molar-refractivity contribution in [1.29, 1.82) is 0 Å². The summed E-state index contributed by atoms with van der Waals surface area (Å²) in [6.45, 7) is 10.4. The molecule has 0 aliphatic heterocycles. The van der Waals surface area contributed by atoms with Gasteiger partial charge >= 0.3 is 0 Å². The third-order valence-corrected chi connectivity index (χ3v) is 3.11. The second-order valence-electron chi connectivity index (χ2n) is 3.87. The molecule has 0 radical (unpaired) electrons. The molecule has 0 aliphatic carbocycles. The average molecular weight is 316 g/mol. The molecule has 0 aromatic heterocycles. The molecule has 116 valence electrons. The first kappa shape index (κ1) is 19.6. The number of allylic oxidation sites excluding steroid dienone is 2. The van der Waals surface area contributed by atoms with Gasteiger partial charge in [0.1, 0.15) is 0 Å². The Morgan fingerprint density at radius 1 is 0.773 bits per heavy atom. The van der Waals surface area contributed by atoms with Crippen LogP contribution in [0.4, 0.5) is 0 Å². The SMILES string of the molecule is C=CC=C.C=Cc1ccccc1.O=S(=O)(O)c1ccccc1. The van der Waals surface area contributed by atoms with Gasteiger partial charge in [0.15, 0.2) is 0 Å². The Bertz CT molecular complexity index is 654. The van der Waals surface area contributed by atoms with Crippen LogP contribution in [-0.4, -0.2) is 13.0 Å². The summed E-state index contributed by atoms with van der Waals surface area (Å²) in [5.41, 5.74) is 1.17. The molecule has 4 heteroatoms. The second kappa shape index (κ2) is 11.3. The Balaban J connectivity index is 0.000000330. The summed E-state index contributed by atoms with van der Waals surface area (Å²) in [5.74, 6) is 0. The van der Waals surface area contributed by atoms with Crippen molar-refractivity contribution in [1.82, 2.24) is 0 Å². The zero-order valence-electron chi connectivity index (χ0n) is 12.3. The third kappa shape index (κ3) is 9.47. The van der Waals surface area contributed by atoms with Crippen LogP contribution < -0.4 is 0 Å². The standard InChI is InChI=1S/C8H8.C6H6O3S.C4H6/c1-2-8-6-4-3-5-7-8;7-10(8,9)6-4-2-1-3-5-6;1-3-4-2/h2-7H,1H2;1-5H,(H,7,8,9);3-4H,1-2H2. The number of hydrogen-bond donors (Lipinski definition) is 1. The van der Waals surface area contributed by atoms with Crippen molar-refractivity contribution in [3.05, 3.63) is 98.1 Å². The molecule has 0 heterocycles. The predicted molar refractivity (Wildman–Crippen MR) is 93.2 cm³/mol. The van der Waals surface area contributed by atoms with Gasteiger partial charge < -0.3 is 0 Å². The third-order valence-electron chi connectivity index (χ3n) is 2.24. The molecule has 2 aromatic carbocycles. The van der Waals surface area contributed by atoms with E-state index in [2.05, 4.69) is 19.7 Å². The molecule has 0 saturated heterocycles. The van der Waals surface area contributed by atoms with E-state index in [1.807, 2.05) is 36.4 Å². The molecular weight excluding hydrogens is 296 g/mol. The maximum absolute atomic E-state index is 10.4. The van der Waals surface area contributed by atoms with Crippen LogP contribution in [0.3, 0.4) is 0 Å². The molecule has 0 fully saturated rings. The summed E-state index contributed by atoms with van der Waals surface area (Å²) in [5, 5.41) is 0. The maximum Gasteiger partial charge on any atom is 0.294 e. The molecule has 2 rings (SSSR count). The summed E-state index contributed by atoms with van der Waals surface area (Å²) < 4.78 is 29.2. The minimum absolute atomic E-state index is 0.0741. The molecule has 0 amide bonds. The van der Waals surface area contributed by atoms with E-state index in [-0.39, 0.29) is 4.90 Å². The fourth-order valence-corrected chi connectivity index (χ4v) is 1.68. The van der Waals surface area contributed by atoms with E-state index in [1.165, 1.54) is 17.7 Å². The monoisotopic (exact) mass is 316 g/mol. The first-order valence-corrected chi connectivity index (χ1v) is 7.83. The summed E-state index contributed by atoms with van der Waals surface area (Å²) in [6, 6.07) is 17.5. The van der Waals surface area contributed by atoms with Gasteiger partial charge in [0.2, 0.25) is 0 Å². The van der Waals surface area contributed by atoms with Crippen LogP contribution in [0.25, 0.3) is 6.08 Å². The van der Waals surface area contributed by atoms with Gasteiger partial charge in [-0.05, 0) is 17.7 Å². The Labute approximate surface area is 132 Å². The molecule has 0 atom stereocenters. The summed E-state index contributed by atoms with van der Waals surface area (Å²) >= 11 is 0. The molecule has 0 unspecified atom stereocenters. The van der Waals surface area contributed by atoms with Crippen LogP contribution in [0.2, 0.25) is 0 Å². The van der Waals surface area contributed by atoms with Crippen molar-refractivity contribution in [2.45, 2.75) is 4.90 Å². The number of rotatable bonds is 3. The van der Waals surface area contributed by atoms with E-state index in [9.17, 15) is 8.42 Å². The normalized spacial score (nSPS) is 9.14. The Morgan fingerprint density at radius 2 is 1.18 bits per heavy atom. The molecule has 22 heavy (non-hydrogen) atoms. The molecule has 2 aromatic rings. The molecule has 0 saturated carbocycles. The lowest BCUT2D eigenvalue weighted by Crippen LogP contribution is -1.96. The zero-order chi connectivity index (χ0) is 16.8. The summed E-state index contributed by atoms with van der Waals surface area (Å²) in [7, 11) is -4.00. The fourth-order valence-electron chi connectivity index (χ4n) is 1.18. The van der Waals surface area contributed by atoms with E-state index in [1.54, 1.807) is 30.4 Å². The minimum atomic E-state index is -4.00. The largest absolute Gasteiger partial charge is 0.294 e. The minimum Gasteiger partial charge on any atom is -0.282 e. The van der Waals surface area contributed by atoms with Crippen molar-refractivity contribution >= 4 is 16.2 Å². The average Bonchev–Trinajstić information content (AvgIpc) is 2.56. The van der Waals surface area contributed by atoms with Gasteiger partial charge in [0.05, 0.1) is 4.90 Å². The smallest absolute Gasteiger partial charge is 0.282 e. The van der Waals surface area contributed by atoms with Gasteiger partial charge in [0, 0.05) is 0 Å². The van der Waals surface area contributed by atoms with Gasteiger partial charge in [0.25, 0.3) is 10.1 Å². The van der Waals surface area contributed by atoms with Gasteiger partial charge in [-0.1, -0.05) is 86.5 Å². The molecule has 0 bridgehead atoms. The molecule has 0 aliphatic rings. The highest BCUT2D eigenvalue weighted by atomic mass is 32.2. The first-order valence-electron chi connectivity index (χ1n) is 6.39. The molecule has 3 nitrogen and oxygen atoms in total. The van der Waals surface area contributed by atoms with Crippen LogP contribution in [0, 0.1) is 0 Å². The molecule has 1 N–H and O–H groups in total. The predicted octanol–water partition coefficient (Wildman–Crippen LogP) is 4.62. The molecule has 0 spiro atoms. The van der Waals surface area contributed by atoms with Crippen LogP contribution in [0.5, 0.6) is 0 Å². The lowest BCUT2D eigenvalue weighted by molar-refractivity contribution is 0.483. The number of hydrogen-bond acceptors (Lipinski definition) is 2. The van der Waals surface area contributed by atoms with Crippen molar-refractivity contribution in [3.63, 3.8) is 0 Å². The van der Waals surface area contributed by atoms with E-state index in [0.717, 1.165) is 0 Å². The van der Waals surface area contributed by atoms with Crippen LogP contribution in [0.1, 0.15) is 5.56 Å². The van der Waals surface area contributed by atoms with E-state index >= 15 is 0 Å². The lowest BCUT2D eigenvalue weighted by atomic mass is 10.2. The Hall–Kier alpha value is -2.43. The van der Waals surface area contributed by atoms with E-state index in [0.29, 0.717) is 0 Å². The van der Waals surface area contributed by atoms with Crippen LogP contribution in [0.15, 0.2) is 97.4 Å². The van der Waals surface area contributed by atoms with Gasteiger partial charge in [-0.2, -0.15) is 8.42 Å². The highest BCUT2D eigenvalue weighted by molar-refractivity contribution is 7.85. The van der Waals surface area contributed by atoms with Gasteiger partial charge in [-0.25, -0.2) is 0 Å². The number of benzene rings is 2. The van der Waals surface area contributed by atoms with Crippen molar-refractivity contribution in [2.24, 2.45) is 0 Å². The highest BCUT2D eigenvalue weighted by Gasteiger charge is 2.05. The Kier molecular flexibility index (Phi) is 10.0. The second-order valence-corrected chi connectivity index (χ2v) is 5.30. The highest BCUT2D eigenvalue weighted by Crippen LogP contribution is 2.05. The van der Waals surface area contributed by atoms with Gasteiger partial charge in [-0.15, -0.1) is 0 Å². The van der Waals surface area contributed by atoms with E-state index in [4.69, 9.17) is 4.55 Å². The quantitative estimate of drug-likeness (QED) is 0.664. The fraction of sp³-hybridized carbons (Fsp3) is 0.